The van der Waals surface area contributed by atoms with Gasteiger partial charge in [-0.25, -0.2) is 4.68 Å². The Bertz CT molecular complexity index is 352. The van der Waals surface area contributed by atoms with Crippen LogP contribution in [0.3, 0.4) is 0 Å². The molecular weight excluding hydrogens is 258 g/mol. The van der Waals surface area contributed by atoms with E-state index in [0.717, 1.165) is 5.82 Å². The van der Waals surface area contributed by atoms with Crippen LogP contribution in [0, 0.1) is 0 Å². The Morgan fingerprint density at radius 3 is 2.67 bits per heavy atom. The number of alkyl halides is 1. The van der Waals surface area contributed by atoms with Gasteiger partial charge in [0, 0.05) is 12.1 Å². The Labute approximate surface area is 98.2 Å². The second kappa shape index (κ2) is 4.35. The summed E-state index contributed by atoms with van der Waals surface area (Å²) in [5.41, 5.74) is 0. The number of hydrogen-bond donors (Lipinski definition) is 1. The summed E-state index contributed by atoms with van der Waals surface area (Å²) in [6.45, 7) is 7.64. The van der Waals surface area contributed by atoms with Crippen LogP contribution in [0.4, 0.5) is 5.82 Å². The van der Waals surface area contributed by atoms with Crippen LogP contribution in [0.2, 0.25) is 0 Å². The number of anilines is 1. The van der Waals surface area contributed by atoms with Crippen LogP contribution in [-0.4, -0.2) is 20.0 Å². The fraction of sp³-hybridized carbons (Fsp3) is 0.600. The standard InChI is InChI=1S/C10H16BrN3O/c1-7(2)14-8(5-6-12-14)13-9(15)10(3,4)11/h5-7H,1-4H3,(H,13,15). The van der Waals surface area contributed by atoms with Crippen molar-refractivity contribution in [3.8, 4) is 0 Å². The molecule has 84 valence electrons. The molecule has 4 nitrogen and oxygen atoms in total. The van der Waals surface area contributed by atoms with E-state index in [9.17, 15) is 4.79 Å². The van der Waals surface area contributed by atoms with Crippen molar-refractivity contribution in [2.75, 3.05) is 5.32 Å². The van der Waals surface area contributed by atoms with E-state index >= 15 is 0 Å². The fourth-order valence-electron chi connectivity index (χ4n) is 1.09. The van der Waals surface area contributed by atoms with Gasteiger partial charge in [-0.2, -0.15) is 5.10 Å². The molecule has 15 heavy (non-hydrogen) atoms. The maximum atomic E-state index is 11.7. The van der Waals surface area contributed by atoms with Crippen molar-refractivity contribution in [3.05, 3.63) is 12.3 Å². The molecule has 0 atom stereocenters. The summed E-state index contributed by atoms with van der Waals surface area (Å²) >= 11 is 3.31. The molecule has 0 aliphatic carbocycles. The summed E-state index contributed by atoms with van der Waals surface area (Å²) in [6.07, 6.45) is 1.68. The number of halogens is 1. The lowest BCUT2D eigenvalue weighted by molar-refractivity contribution is -0.117. The Balaban J connectivity index is 2.82. The second-order valence-corrected chi connectivity index (χ2v) is 6.16. The van der Waals surface area contributed by atoms with Gasteiger partial charge in [-0.1, -0.05) is 15.9 Å². The predicted octanol–water partition coefficient (Wildman–Crippen LogP) is 2.58. The van der Waals surface area contributed by atoms with E-state index in [1.807, 2.05) is 13.8 Å². The quantitative estimate of drug-likeness (QED) is 0.861. The van der Waals surface area contributed by atoms with Gasteiger partial charge in [0.15, 0.2) is 0 Å². The third-order valence-corrected chi connectivity index (χ3v) is 2.30. The van der Waals surface area contributed by atoms with Crippen LogP contribution in [0.5, 0.6) is 0 Å². The predicted molar refractivity (Wildman–Crippen MR) is 64.2 cm³/mol. The molecule has 5 heteroatoms. The molecule has 0 unspecified atom stereocenters. The average molecular weight is 274 g/mol. The first-order valence-electron chi connectivity index (χ1n) is 4.86. The van der Waals surface area contributed by atoms with Crippen molar-refractivity contribution >= 4 is 27.7 Å². The Hall–Kier alpha value is -0.840. The number of carbonyl (C=O) groups excluding carboxylic acids is 1. The van der Waals surface area contributed by atoms with Gasteiger partial charge >= 0.3 is 0 Å². The third kappa shape index (κ3) is 3.06. The lowest BCUT2D eigenvalue weighted by atomic mass is 10.2. The van der Waals surface area contributed by atoms with E-state index in [1.165, 1.54) is 0 Å². The van der Waals surface area contributed by atoms with Crippen molar-refractivity contribution < 1.29 is 4.79 Å². The van der Waals surface area contributed by atoms with Crippen molar-refractivity contribution in [2.45, 2.75) is 38.1 Å². The number of nitrogens with zero attached hydrogens (tertiary/aromatic N) is 2. The summed E-state index contributed by atoms with van der Waals surface area (Å²) in [7, 11) is 0. The molecule has 1 aromatic heterocycles. The van der Waals surface area contributed by atoms with Crippen LogP contribution in [0.1, 0.15) is 33.7 Å². The van der Waals surface area contributed by atoms with Crippen LogP contribution >= 0.6 is 15.9 Å². The molecule has 0 bridgehead atoms. The highest BCUT2D eigenvalue weighted by atomic mass is 79.9. The van der Waals surface area contributed by atoms with Gasteiger partial charge in [-0.3, -0.25) is 4.79 Å². The Morgan fingerprint density at radius 1 is 1.60 bits per heavy atom. The van der Waals surface area contributed by atoms with Gasteiger partial charge in [0.25, 0.3) is 0 Å². The van der Waals surface area contributed by atoms with E-state index < -0.39 is 4.32 Å². The molecule has 0 radical (unpaired) electrons. The lowest BCUT2D eigenvalue weighted by Crippen LogP contribution is -2.32. The van der Waals surface area contributed by atoms with Crippen LogP contribution in [-0.2, 0) is 4.79 Å². The summed E-state index contributed by atoms with van der Waals surface area (Å²) in [5, 5.41) is 6.96. The first-order valence-corrected chi connectivity index (χ1v) is 5.65. The monoisotopic (exact) mass is 273 g/mol. The Kier molecular flexibility index (Phi) is 3.54. The number of rotatable bonds is 3. The second-order valence-electron chi connectivity index (χ2n) is 4.18. The minimum atomic E-state index is -0.570. The number of hydrogen-bond acceptors (Lipinski definition) is 2. The highest BCUT2D eigenvalue weighted by molar-refractivity contribution is 9.10. The maximum absolute atomic E-state index is 11.7. The van der Waals surface area contributed by atoms with Gasteiger partial charge < -0.3 is 5.32 Å². The molecule has 0 saturated carbocycles. The molecule has 0 saturated heterocycles. The minimum Gasteiger partial charge on any atom is -0.310 e. The topological polar surface area (TPSA) is 46.9 Å². The first kappa shape index (κ1) is 12.2. The smallest absolute Gasteiger partial charge is 0.241 e. The third-order valence-electron chi connectivity index (χ3n) is 1.94. The molecular formula is C10H16BrN3O. The summed E-state index contributed by atoms with van der Waals surface area (Å²) in [6, 6.07) is 2.02. The molecule has 0 aliphatic rings. The normalized spacial score (nSPS) is 11.9. The SMILES string of the molecule is CC(C)n1nccc1NC(=O)C(C)(C)Br. The van der Waals surface area contributed by atoms with E-state index in [4.69, 9.17) is 0 Å². The summed E-state index contributed by atoms with van der Waals surface area (Å²) in [4.78, 5) is 11.7. The Morgan fingerprint density at radius 2 is 2.20 bits per heavy atom. The molecule has 1 N–H and O–H groups in total. The van der Waals surface area contributed by atoms with Crippen molar-refractivity contribution in [3.63, 3.8) is 0 Å². The molecule has 0 aliphatic heterocycles. The summed E-state index contributed by atoms with van der Waals surface area (Å²) in [5.74, 6) is 0.646. The molecule has 0 spiro atoms. The highest BCUT2D eigenvalue weighted by Gasteiger charge is 2.24. The summed E-state index contributed by atoms with van der Waals surface area (Å²) < 4.78 is 1.20. The average Bonchev–Trinajstić information content (AvgIpc) is 2.50. The molecule has 0 fully saturated rings. The molecule has 1 aromatic rings. The fourth-order valence-corrected chi connectivity index (χ4v) is 1.19. The van der Waals surface area contributed by atoms with Gasteiger partial charge in [0.05, 0.1) is 10.5 Å². The van der Waals surface area contributed by atoms with Gasteiger partial charge in [-0.15, -0.1) is 0 Å². The van der Waals surface area contributed by atoms with Crippen molar-refractivity contribution in [1.29, 1.82) is 0 Å². The first-order chi connectivity index (χ1) is 6.82. The van der Waals surface area contributed by atoms with Crippen molar-refractivity contribution in [1.82, 2.24) is 9.78 Å². The number of aromatic nitrogens is 2. The molecule has 1 rings (SSSR count). The molecule has 1 heterocycles. The highest BCUT2D eigenvalue weighted by Crippen LogP contribution is 2.20. The zero-order valence-corrected chi connectivity index (χ0v) is 11.0. The van der Waals surface area contributed by atoms with Crippen LogP contribution in [0.25, 0.3) is 0 Å². The number of nitrogens with one attached hydrogen (secondary N) is 1. The minimum absolute atomic E-state index is 0.0788. The number of carbonyl (C=O) groups is 1. The van der Waals surface area contributed by atoms with Crippen LogP contribution in [0.15, 0.2) is 12.3 Å². The molecule has 0 aromatic carbocycles. The number of amides is 1. The van der Waals surface area contributed by atoms with E-state index in [-0.39, 0.29) is 11.9 Å². The molecule has 1 amide bonds. The lowest BCUT2D eigenvalue weighted by Gasteiger charge is -2.17. The van der Waals surface area contributed by atoms with Crippen LogP contribution < -0.4 is 5.32 Å². The van der Waals surface area contributed by atoms with Crippen molar-refractivity contribution in [2.24, 2.45) is 0 Å². The van der Waals surface area contributed by atoms with Gasteiger partial charge in [0.2, 0.25) is 5.91 Å². The maximum Gasteiger partial charge on any atom is 0.241 e. The van der Waals surface area contributed by atoms with E-state index in [1.54, 1.807) is 30.8 Å². The largest absolute Gasteiger partial charge is 0.310 e. The zero-order chi connectivity index (χ0) is 11.6. The zero-order valence-electron chi connectivity index (χ0n) is 9.41. The van der Waals surface area contributed by atoms with E-state index in [2.05, 4.69) is 26.3 Å². The van der Waals surface area contributed by atoms with Gasteiger partial charge in [-0.05, 0) is 27.7 Å². The van der Waals surface area contributed by atoms with E-state index in [0.29, 0.717) is 0 Å². The van der Waals surface area contributed by atoms with Gasteiger partial charge in [0.1, 0.15) is 5.82 Å².